The fraction of sp³-hybridized carbons (Fsp3) is 0.385. The van der Waals surface area contributed by atoms with Crippen molar-refractivity contribution >= 4 is 17.5 Å². The largest absolute Gasteiger partial charge is 0.356 e. The summed E-state index contributed by atoms with van der Waals surface area (Å²) in [4.78, 5) is 24.5. The van der Waals surface area contributed by atoms with Crippen molar-refractivity contribution in [3.8, 4) is 0 Å². The minimum atomic E-state index is 0.00292. The number of aromatic nitrogens is 3. The molecule has 100 valence electrons. The van der Waals surface area contributed by atoms with E-state index < -0.39 is 0 Å². The minimum absolute atomic E-state index is 0.00292. The molecule has 3 rings (SSSR count). The Bertz CT molecular complexity index is 563. The van der Waals surface area contributed by atoms with Gasteiger partial charge in [0.25, 0.3) is 5.91 Å². The van der Waals surface area contributed by atoms with Gasteiger partial charge in [-0.1, -0.05) is 11.6 Å². The maximum atomic E-state index is 12.3. The summed E-state index contributed by atoms with van der Waals surface area (Å²) >= 11 is 5.84. The van der Waals surface area contributed by atoms with E-state index in [9.17, 15) is 4.79 Å². The number of aromatic amines is 2. The normalized spacial score (nSPS) is 19.6. The number of imidazole rings is 1. The fourth-order valence-corrected chi connectivity index (χ4v) is 2.71. The second-order valence-corrected chi connectivity index (χ2v) is 5.23. The molecule has 1 amide bonds. The van der Waals surface area contributed by atoms with Gasteiger partial charge in [0.1, 0.15) is 11.5 Å². The molecule has 0 bridgehead atoms. The Labute approximate surface area is 116 Å². The number of piperidine rings is 1. The predicted octanol–water partition coefficient (Wildman–Crippen LogP) is 2.41. The molecule has 1 unspecified atom stereocenters. The molecular formula is C13H15ClN4O. The zero-order valence-electron chi connectivity index (χ0n) is 10.4. The Balaban J connectivity index is 1.73. The average molecular weight is 279 g/mol. The smallest absolute Gasteiger partial charge is 0.270 e. The van der Waals surface area contributed by atoms with Crippen molar-refractivity contribution in [3.05, 3.63) is 41.2 Å². The highest BCUT2D eigenvalue weighted by Gasteiger charge is 2.27. The molecule has 0 aromatic carbocycles. The second-order valence-electron chi connectivity index (χ2n) is 4.80. The van der Waals surface area contributed by atoms with Crippen LogP contribution in [0.5, 0.6) is 0 Å². The standard InChI is InChI=1S/C13H15ClN4O/c14-10-6-11(17-7-10)13(19)18-5-1-2-9(8-18)12-15-3-4-16-12/h3-4,6-7,9,17H,1-2,5,8H2,(H,15,16). The summed E-state index contributed by atoms with van der Waals surface area (Å²) in [5.74, 6) is 1.25. The molecule has 1 aliphatic rings. The number of rotatable bonds is 2. The zero-order chi connectivity index (χ0) is 13.2. The Morgan fingerprint density at radius 3 is 3.05 bits per heavy atom. The van der Waals surface area contributed by atoms with E-state index >= 15 is 0 Å². The van der Waals surface area contributed by atoms with Crippen molar-refractivity contribution < 1.29 is 4.79 Å². The quantitative estimate of drug-likeness (QED) is 0.886. The highest BCUT2D eigenvalue weighted by molar-refractivity contribution is 6.30. The molecule has 2 N–H and O–H groups in total. The number of likely N-dealkylation sites (tertiary alicyclic amines) is 1. The molecule has 5 nitrogen and oxygen atoms in total. The summed E-state index contributed by atoms with van der Waals surface area (Å²) in [6.45, 7) is 1.48. The van der Waals surface area contributed by atoms with Gasteiger partial charge in [0.15, 0.2) is 0 Å². The van der Waals surface area contributed by atoms with E-state index in [1.165, 1.54) is 0 Å². The van der Waals surface area contributed by atoms with Crippen LogP contribution in [0.1, 0.15) is 35.1 Å². The molecular weight excluding hydrogens is 264 g/mol. The van der Waals surface area contributed by atoms with Crippen LogP contribution >= 0.6 is 11.6 Å². The topological polar surface area (TPSA) is 64.8 Å². The van der Waals surface area contributed by atoms with E-state index in [1.54, 1.807) is 18.5 Å². The van der Waals surface area contributed by atoms with Crippen LogP contribution in [0.25, 0.3) is 0 Å². The molecule has 6 heteroatoms. The van der Waals surface area contributed by atoms with Crippen molar-refractivity contribution in [1.82, 2.24) is 19.9 Å². The molecule has 0 saturated carbocycles. The third-order valence-corrected chi connectivity index (χ3v) is 3.71. The predicted molar refractivity (Wildman–Crippen MR) is 72.3 cm³/mol. The zero-order valence-corrected chi connectivity index (χ0v) is 11.2. The molecule has 1 fully saturated rings. The van der Waals surface area contributed by atoms with Crippen LogP contribution in [0, 0.1) is 0 Å². The number of carbonyl (C=O) groups is 1. The van der Waals surface area contributed by atoms with Crippen LogP contribution in [-0.2, 0) is 0 Å². The number of amides is 1. The number of nitrogens with one attached hydrogen (secondary N) is 2. The third kappa shape index (κ3) is 2.51. The molecule has 2 aromatic rings. The highest BCUT2D eigenvalue weighted by atomic mass is 35.5. The van der Waals surface area contributed by atoms with Gasteiger partial charge in [0, 0.05) is 37.6 Å². The molecule has 19 heavy (non-hydrogen) atoms. The van der Waals surface area contributed by atoms with Crippen LogP contribution < -0.4 is 0 Å². The molecule has 2 aromatic heterocycles. The highest BCUT2D eigenvalue weighted by Crippen LogP contribution is 2.25. The van der Waals surface area contributed by atoms with E-state index in [4.69, 9.17) is 11.6 Å². The Morgan fingerprint density at radius 1 is 1.47 bits per heavy atom. The minimum Gasteiger partial charge on any atom is -0.356 e. The Morgan fingerprint density at radius 2 is 2.37 bits per heavy atom. The SMILES string of the molecule is O=C(c1cc(Cl)c[nH]1)N1CCCC(c2ncc[nH]2)C1. The first-order chi connectivity index (χ1) is 9.24. The first-order valence-electron chi connectivity index (χ1n) is 6.36. The Kier molecular flexibility index (Phi) is 3.29. The lowest BCUT2D eigenvalue weighted by Gasteiger charge is -2.31. The van der Waals surface area contributed by atoms with Gasteiger partial charge in [0.05, 0.1) is 5.02 Å². The molecule has 1 atom stereocenters. The van der Waals surface area contributed by atoms with Crippen LogP contribution in [0.4, 0.5) is 0 Å². The molecule has 1 saturated heterocycles. The van der Waals surface area contributed by atoms with Gasteiger partial charge in [0.2, 0.25) is 0 Å². The van der Waals surface area contributed by atoms with Crippen LogP contribution in [0.2, 0.25) is 5.02 Å². The summed E-state index contributed by atoms with van der Waals surface area (Å²) in [6, 6.07) is 1.67. The number of nitrogens with zero attached hydrogens (tertiary/aromatic N) is 2. The molecule has 0 aliphatic carbocycles. The van der Waals surface area contributed by atoms with E-state index in [2.05, 4.69) is 15.0 Å². The van der Waals surface area contributed by atoms with Crippen molar-refractivity contribution in [1.29, 1.82) is 0 Å². The number of halogens is 1. The summed E-state index contributed by atoms with van der Waals surface area (Å²) in [6.07, 6.45) is 7.25. The third-order valence-electron chi connectivity index (χ3n) is 3.49. The average Bonchev–Trinajstić information content (AvgIpc) is 3.09. The number of hydrogen-bond donors (Lipinski definition) is 2. The summed E-state index contributed by atoms with van der Waals surface area (Å²) in [5.41, 5.74) is 0.546. The van der Waals surface area contributed by atoms with Crippen LogP contribution in [0.3, 0.4) is 0 Å². The maximum absolute atomic E-state index is 12.3. The van der Waals surface area contributed by atoms with Crippen LogP contribution in [0.15, 0.2) is 24.7 Å². The summed E-state index contributed by atoms with van der Waals surface area (Å²) < 4.78 is 0. The van der Waals surface area contributed by atoms with Gasteiger partial charge in [-0.25, -0.2) is 4.98 Å². The van der Waals surface area contributed by atoms with Gasteiger partial charge in [-0.15, -0.1) is 0 Å². The number of carbonyl (C=O) groups excluding carboxylic acids is 1. The lowest BCUT2D eigenvalue weighted by molar-refractivity contribution is 0.0699. The van der Waals surface area contributed by atoms with E-state index in [0.29, 0.717) is 17.3 Å². The van der Waals surface area contributed by atoms with Gasteiger partial charge >= 0.3 is 0 Å². The van der Waals surface area contributed by atoms with Crippen molar-refractivity contribution in [2.75, 3.05) is 13.1 Å². The molecule has 1 aliphatic heterocycles. The van der Waals surface area contributed by atoms with Crippen molar-refractivity contribution in [2.45, 2.75) is 18.8 Å². The summed E-state index contributed by atoms with van der Waals surface area (Å²) in [5, 5.41) is 0.558. The first-order valence-corrected chi connectivity index (χ1v) is 6.74. The van der Waals surface area contributed by atoms with Gasteiger partial charge in [-0.3, -0.25) is 4.79 Å². The monoisotopic (exact) mass is 278 g/mol. The molecule has 0 spiro atoms. The van der Waals surface area contributed by atoms with Gasteiger partial charge in [-0.05, 0) is 18.9 Å². The van der Waals surface area contributed by atoms with Crippen LogP contribution in [-0.4, -0.2) is 38.8 Å². The second kappa shape index (κ2) is 5.09. The number of hydrogen-bond acceptors (Lipinski definition) is 2. The van der Waals surface area contributed by atoms with Crippen molar-refractivity contribution in [3.63, 3.8) is 0 Å². The maximum Gasteiger partial charge on any atom is 0.270 e. The lowest BCUT2D eigenvalue weighted by atomic mass is 9.97. The summed E-state index contributed by atoms with van der Waals surface area (Å²) in [7, 11) is 0. The molecule has 3 heterocycles. The number of H-pyrrole nitrogens is 2. The van der Waals surface area contributed by atoms with E-state index in [0.717, 1.165) is 25.2 Å². The van der Waals surface area contributed by atoms with Gasteiger partial charge < -0.3 is 14.9 Å². The van der Waals surface area contributed by atoms with E-state index in [-0.39, 0.29) is 11.8 Å². The van der Waals surface area contributed by atoms with Crippen molar-refractivity contribution in [2.24, 2.45) is 0 Å². The van der Waals surface area contributed by atoms with E-state index in [1.807, 2.05) is 11.1 Å². The van der Waals surface area contributed by atoms with Gasteiger partial charge in [-0.2, -0.15) is 0 Å². The lowest BCUT2D eigenvalue weighted by Crippen LogP contribution is -2.39. The molecule has 0 radical (unpaired) electrons. The fourth-order valence-electron chi connectivity index (χ4n) is 2.55. The first kappa shape index (κ1) is 12.3. The Hall–Kier alpha value is -1.75.